The summed E-state index contributed by atoms with van der Waals surface area (Å²) in [4.78, 5) is 15.3. The zero-order valence-corrected chi connectivity index (χ0v) is 9.52. The number of aromatic nitrogens is 1. The van der Waals surface area contributed by atoms with Crippen LogP contribution in [-0.4, -0.2) is 11.1 Å². The van der Waals surface area contributed by atoms with E-state index in [4.69, 9.17) is 16.3 Å². The Morgan fingerprint density at radius 2 is 2.18 bits per heavy atom. The summed E-state index contributed by atoms with van der Waals surface area (Å²) >= 11 is 5.79. The van der Waals surface area contributed by atoms with Gasteiger partial charge in [0.1, 0.15) is 0 Å². The molecule has 5 heteroatoms. The Morgan fingerprint density at radius 1 is 1.29 bits per heavy atom. The van der Waals surface area contributed by atoms with E-state index >= 15 is 0 Å². The van der Waals surface area contributed by atoms with E-state index < -0.39 is 6.09 Å². The number of benzene rings is 1. The standard InChI is InChI=1S/C12H9ClN2O2/c13-9-3-1-4-10(7-9)15-12(16)17-11-5-2-6-14-8-11/h1-8H,(H,15,16). The second-order valence-corrected chi connectivity index (χ2v) is 3.65. The van der Waals surface area contributed by atoms with Gasteiger partial charge in [-0.3, -0.25) is 10.3 Å². The fraction of sp³-hybridized carbons (Fsp3) is 0. The fourth-order valence-electron chi connectivity index (χ4n) is 1.22. The topological polar surface area (TPSA) is 51.2 Å². The summed E-state index contributed by atoms with van der Waals surface area (Å²) in [5, 5.41) is 3.10. The molecule has 1 amide bonds. The molecule has 0 bridgehead atoms. The first-order valence-electron chi connectivity index (χ1n) is 4.88. The van der Waals surface area contributed by atoms with Crippen LogP contribution in [0, 0.1) is 0 Å². The average Bonchev–Trinajstić information content (AvgIpc) is 2.30. The molecule has 0 spiro atoms. The molecular weight excluding hydrogens is 240 g/mol. The van der Waals surface area contributed by atoms with Crippen molar-refractivity contribution in [2.75, 3.05) is 5.32 Å². The predicted octanol–water partition coefficient (Wildman–Crippen LogP) is 3.35. The Labute approximate surface area is 103 Å². The smallest absolute Gasteiger partial charge is 0.408 e. The first-order valence-corrected chi connectivity index (χ1v) is 5.26. The Hall–Kier alpha value is -2.07. The van der Waals surface area contributed by atoms with E-state index in [1.807, 2.05) is 0 Å². The third-order valence-corrected chi connectivity index (χ3v) is 2.15. The van der Waals surface area contributed by atoms with Crippen LogP contribution in [0.25, 0.3) is 0 Å². The van der Waals surface area contributed by atoms with Gasteiger partial charge in [-0.2, -0.15) is 0 Å². The van der Waals surface area contributed by atoms with Crippen molar-refractivity contribution in [1.82, 2.24) is 4.98 Å². The van der Waals surface area contributed by atoms with E-state index in [1.165, 1.54) is 6.20 Å². The number of carbonyl (C=O) groups is 1. The summed E-state index contributed by atoms with van der Waals surface area (Å²) in [6.45, 7) is 0. The second kappa shape index (κ2) is 5.32. The van der Waals surface area contributed by atoms with Gasteiger partial charge in [-0.1, -0.05) is 17.7 Å². The SMILES string of the molecule is O=C(Nc1cccc(Cl)c1)Oc1cccnc1. The molecule has 4 nitrogen and oxygen atoms in total. The number of rotatable bonds is 2. The van der Waals surface area contributed by atoms with Gasteiger partial charge in [-0.15, -0.1) is 0 Å². The number of pyridine rings is 1. The number of carbonyl (C=O) groups excluding carboxylic acids is 1. The first-order chi connectivity index (χ1) is 8.24. The largest absolute Gasteiger partial charge is 0.417 e. The van der Waals surface area contributed by atoms with E-state index in [1.54, 1.807) is 42.6 Å². The van der Waals surface area contributed by atoms with Crippen LogP contribution in [-0.2, 0) is 0 Å². The second-order valence-electron chi connectivity index (χ2n) is 3.21. The molecular formula is C12H9ClN2O2. The Bertz CT molecular complexity index is 517. The summed E-state index contributed by atoms with van der Waals surface area (Å²) < 4.78 is 5.00. The molecule has 2 aromatic rings. The summed E-state index contributed by atoms with van der Waals surface area (Å²) in [5.41, 5.74) is 0.575. The number of hydrogen-bond donors (Lipinski definition) is 1. The maximum Gasteiger partial charge on any atom is 0.417 e. The van der Waals surface area contributed by atoms with Gasteiger partial charge in [0.05, 0.1) is 6.20 Å². The number of halogens is 1. The molecule has 0 radical (unpaired) electrons. The highest BCUT2D eigenvalue weighted by molar-refractivity contribution is 6.30. The molecule has 0 fully saturated rings. The third kappa shape index (κ3) is 3.46. The molecule has 2 rings (SSSR count). The molecule has 1 heterocycles. The zero-order chi connectivity index (χ0) is 12.1. The normalized spacial score (nSPS) is 9.71. The van der Waals surface area contributed by atoms with Crippen LogP contribution in [0.15, 0.2) is 48.8 Å². The molecule has 86 valence electrons. The van der Waals surface area contributed by atoms with Crippen molar-refractivity contribution in [3.63, 3.8) is 0 Å². The van der Waals surface area contributed by atoms with Crippen LogP contribution in [0.3, 0.4) is 0 Å². The Kier molecular flexibility index (Phi) is 3.57. The van der Waals surface area contributed by atoms with Crippen molar-refractivity contribution in [3.8, 4) is 5.75 Å². The number of anilines is 1. The van der Waals surface area contributed by atoms with E-state index in [0.29, 0.717) is 16.5 Å². The summed E-state index contributed by atoms with van der Waals surface area (Å²) in [6.07, 6.45) is 2.47. The number of nitrogens with one attached hydrogen (secondary N) is 1. The van der Waals surface area contributed by atoms with Crippen LogP contribution in [0.4, 0.5) is 10.5 Å². The van der Waals surface area contributed by atoms with Gasteiger partial charge in [0, 0.05) is 16.9 Å². The monoisotopic (exact) mass is 248 g/mol. The summed E-state index contributed by atoms with van der Waals surface area (Å²) in [7, 11) is 0. The van der Waals surface area contributed by atoms with Gasteiger partial charge < -0.3 is 4.74 Å². The molecule has 1 aromatic carbocycles. The van der Waals surface area contributed by atoms with Crippen molar-refractivity contribution in [1.29, 1.82) is 0 Å². The first kappa shape index (κ1) is 11.4. The number of amides is 1. The Balaban J connectivity index is 1.98. The molecule has 0 atom stereocenters. The maximum absolute atomic E-state index is 11.5. The van der Waals surface area contributed by atoms with E-state index in [2.05, 4.69) is 10.3 Å². The van der Waals surface area contributed by atoms with Crippen LogP contribution in [0.1, 0.15) is 0 Å². The van der Waals surface area contributed by atoms with Crippen molar-refractivity contribution in [3.05, 3.63) is 53.8 Å². The minimum Gasteiger partial charge on any atom is -0.408 e. The van der Waals surface area contributed by atoms with Gasteiger partial charge in [0.15, 0.2) is 5.75 Å². The molecule has 0 aliphatic carbocycles. The molecule has 1 N–H and O–H groups in total. The van der Waals surface area contributed by atoms with Gasteiger partial charge in [0.25, 0.3) is 0 Å². The summed E-state index contributed by atoms with van der Waals surface area (Å²) in [5.74, 6) is 0.382. The van der Waals surface area contributed by atoms with Gasteiger partial charge in [0.2, 0.25) is 0 Å². The lowest BCUT2D eigenvalue weighted by Gasteiger charge is -2.06. The van der Waals surface area contributed by atoms with Gasteiger partial charge in [-0.05, 0) is 30.3 Å². The van der Waals surface area contributed by atoms with Crippen molar-refractivity contribution in [2.45, 2.75) is 0 Å². The van der Waals surface area contributed by atoms with E-state index in [9.17, 15) is 4.79 Å². The van der Waals surface area contributed by atoms with E-state index in [-0.39, 0.29) is 0 Å². The molecule has 0 aliphatic heterocycles. The lowest BCUT2D eigenvalue weighted by Crippen LogP contribution is -2.16. The molecule has 0 unspecified atom stereocenters. The zero-order valence-electron chi connectivity index (χ0n) is 8.76. The van der Waals surface area contributed by atoms with Gasteiger partial charge >= 0.3 is 6.09 Å². The third-order valence-electron chi connectivity index (χ3n) is 1.92. The van der Waals surface area contributed by atoms with Crippen LogP contribution in [0.5, 0.6) is 5.75 Å². The lowest BCUT2D eigenvalue weighted by atomic mass is 10.3. The average molecular weight is 249 g/mol. The molecule has 0 saturated carbocycles. The number of nitrogens with zero attached hydrogens (tertiary/aromatic N) is 1. The fourth-order valence-corrected chi connectivity index (χ4v) is 1.41. The number of ether oxygens (including phenoxy) is 1. The van der Waals surface area contributed by atoms with Crippen LogP contribution >= 0.6 is 11.6 Å². The quantitative estimate of drug-likeness (QED) is 0.887. The highest BCUT2D eigenvalue weighted by Crippen LogP contribution is 2.15. The minimum absolute atomic E-state index is 0.382. The summed E-state index contributed by atoms with van der Waals surface area (Å²) in [6, 6.07) is 10.1. The van der Waals surface area contributed by atoms with Crippen LogP contribution in [0.2, 0.25) is 5.02 Å². The molecule has 0 saturated heterocycles. The predicted molar refractivity (Wildman–Crippen MR) is 65.3 cm³/mol. The van der Waals surface area contributed by atoms with Gasteiger partial charge in [-0.25, -0.2) is 4.79 Å². The number of hydrogen-bond acceptors (Lipinski definition) is 3. The molecule has 1 aromatic heterocycles. The van der Waals surface area contributed by atoms with Crippen molar-refractivity contribution >= 4 is 23.4 Å². The highest BCUT2D eigenvalue weighted by Gasteiger charge is 2.04. The molecule has 0 aliphatic rings. The minimum atomic E-state index is -0.583. The van der Waals surface area contributed by atoms with Crippen molar-refractivity contribution < 1.29 is 9.53 Å². The van der Waals surface area contributed by atoms with Crippen LogP contribution < -0.4 is 10.1 Å². The maximum atomic E-state index is 11.5. The lowest BCUT2D eigenvalue weighted by molar-refractivity contribution is 0.215. The van der Waals surface area contributed by atoms with Crippen molar-refractivity contribution in [2.24, 2.45) is 0 Å². The highest BCUT2D eigenvalue weighted by atomic mass is 35.5. The van der Waals surface area contributed by atoms with E-state index in [0.717, 1.165) is 0 Å². The molecule has 17 heavy (non-hydrogen) atoms. The Morgan fingerprint density at radius 3 is 2.88 bits per heavy atom.